The van der Waals surface area contributed by atoms with Gasteiger partial charge in [0.25, 0.3) is 0 Å². The first kappa shape index (κ1) is 20.9. The van der Waals surface area contributed by atoms with Crippen molar-refractivity contribution in [2.24, 2.45) is 5.11 Å². The zero-order valence-electron chi connectivity index (χ0n) is 15.2. The average Bonchev–Trinajstić information content (AvgIpc) is 3.53. The molecule has 0 saturated carbocycles. The molecule has 1 heterocycles. The average molecular weight is 371 g/mol. The van der Waals surface area contributed by atoms with Crippen molar-refractivity contribution < 1.29 is 19.3 Å². The molecule has 3 rings (SSSR count). The molecule has 0 aliphatic carbocycles. The van der Waals surface area contributed by atoms with Crippen LogP contribution in [-0.2, 0) is 27.4 Å². The minimum atomic E-state index is -0.732. The van der Waals surface area contributed by atoms with Crippen molar-refractivity contribution >= 4 is 0 Å². The summed E-state index contributed by atoms with van der Waals surface area (Å²) in [6.45, 7) is 2.97. The Morgan fingerprint density at radius 1 is 1.04 bits per heavy atom. The number of nitrogens with zero attached hydrogens (tertiary/aromatic N) is 3. The smallest absolute Gasteiger partial charge is 0.104 e. The summed E-state index contributed by atoms with van der Waals surface area (Å²) in [5.41, 5.74) is 10.3. The van der Waals surface area contributed by atoms with E-state index in [1.807, 2.05) is 48.5 Å². The normalized spacial score (nSPS) is 15.8. The number of hydrogen-bond donors (Lipinski definition) is 1. The van der Waals surface area contributed by atoms with Crippen LogP contribution in [0.4, 0.5) is 0 Å². The lowest BCUT2D eigenvalue weighted by Gasteiger charge is -2.08. The second kappa shape index (κ2) is 12.9. The summed E-state index contributed by atoms with van der Waals surface area (Å²) in [7, 11) is 0. The zero-order valence-corrected chi connectivity index (χ0v) is 15.2. The third kappa shape index (κ3) is 10.4. The van der Waals surface area contributed by atoms with E-state index in [1.165, 1.54) is 5.56 Å². The van der Waals surface area contributed by atoms with Crippen molar-refractivity contribution in [1.29, 1.82) is 0 Å². The molecule has 2 aromatic carbocycles. The molecule has 2 unspecified atom stereocenters. The molecule has 7 heteroatoms. The van der Waals surface area contributed by atoms with Crippen LogP contribution in [0.15, 0.2) is 65.8 Å². The SMILES string of the molecule is [N-]=[N+]=NCC(O)COCc1ccccc1.c1ccc(COCC2CO2)cc1. The van der Waals surface area contributed by atoms with Gasteiger partial charge in [-0.1, -0.05) is 65.8 Å². The number of ether oxygens (including phenoxy) is 3. The first-order valence-electron chi connectivity index (χ1n) is 8.81. The number of aliphatic hydroxyl groups excluding tert-OH is 1. The van der Waals surface area contributed by atoms with Gasteiger partial charge in [0.1, 0.15) is 6.10 Å². The number of aliphatic hydroxyl groups is 1. The number of benzene rings is 2. The second-order valence-corrected chi connectivity index (χ2v) is 6.02. The van der Waals surface area contributed by atoms with Crippen LogP contribution in [-0.4, -0.2) is 43.7 Å². The van der Waals surface area contributed by atoms with E-state index in [2.05, 4.69) is 22.2 Å². The minimum absolute atomic E-state index is 0.0469. The van der Waals surface area contributed by atoms with Crippen molar-refractivity contribution in [3.63, 3.8) is 0 Å². The minimum Gasteiger partial charge on any atom is -0.391 e. The molecule has 1 fully saturated rings. The maximum absolute atomic E-state index is 9.27. The molecular formula is C20H25N3O4. The van der Waals surface area contributed by atoms with Crippen molar-refractivity contribution in [2.45, 2.75) is 25.4 Å². The van der Waals surface area contributed by atoms with E-state index < -0.39 is 6.10 Å². The highest BCUT2D eigenvalue weighted by Crippen LogP contribution is 2.10. The van der Waals surface area contributed by atoms with Gasteiger partial charge in [-0.2, -0.15) is 0 Å². The zero-order chi connectivity index (χ0) is 19.2. The van der Waals surface area contributed by atoms with Gasteiger partial charge in [-0.3, -0.25) is 0 Å². The monoisotopic (exact) mass is 371 g/mol. The first-order chi connectivity index (χ1) is 13.3. The van der Waals surface area contributed by atoms with Crippen LogP contribution in [0.25, 0.3) is 10.4 Å². The Morgan fingerprint density at radius 2 is 1.59 bits per heavy atom. The third-order valence-electron chi connectivity index (χ3n) is 3.60. The topological polar surface area (TPSA) is 100.0 Å². The molecule has 27 heavy (non-hydrogen) atoms. The Kier molecular flexibility index (Phi) is 9.96. The van der Waals surface area contributed by atoms with Gasteiger partial charge in [0.15, 0.2) is 0 Å². The van der Waals surface area contributed by atoms with Crippen LogP contribution in [0, 0.1) is 0 Å². The van der Waals surface area contributed by atoms with Gasteiger partial charge in [-0.05, 0) is 16.7 Å². The highest BCUT2D eigenvalue weighted by molar-refractivity contribution is 5.14. The number of hydrogen-bond acceptors (Lipinski definition) is 5. The summed E-state index contributed by atoms with van der Waals surface area (Å²) in [5, 5.41) is 12.5. The van der Waals surface area contributed by atoms with Crippen LogP contribution in [0.3, 0.4) is 0 Å². The molecule has 0 bridgehead atoms. The predicted octanol–water partition coefficient (Wildman–Crippen LogP) is 3.48. The highest BCUT2D eigenvalue weighted by Gasteiger charge is 2.21. The van der Waals surface area contributed by atoms with Crippen molar-refractivity contribution in [3.05, 3.63) is 82.2 Å². The lowest BCUT2D eigenvalue weighted by molar-refractivity contribution is 0.0329. The molecule has 0 spiro atoms. The molecule has 1 aliphatic rings. The number of epoxide rings is 1. The number of azide groups is 1. The summed E-state index contributed by atoms with van der Waals surface area (Å²) in [6, 6.07) is 19.8. The summed E-state index contributed by atoms with van der Waals surface area (Å²) >= 11 is 0. The molecule has 144 valence electrons. The fraction of sp³-hybridized carbons (Fsp3) is 0.400. The van der Waals surface area contributed by atoms with Crippen LogP contribution in [0.2, 0.25) is 0 Å². The van der Waals surface area contributed by atoms with E-state index in [1.54, 1.807) is 0 Å². The maximum atomic E-state index is 9.27. The fourth-order valence-electron chi connectivity index (χ4n) is 2.12. The second-order valence-electron chi connectivity index (χ2n) is 6.02. The fourth-order valence-corrected chi connectivity index (χ4v) is 2.12. The molecule has 0 amide bonds. The van der Waals surface area contributed by atoms with Crippen LogP contribution < -0.4 is 0 Å². The van der Waals surface area contributed by atoms with Crippen molar-refractivity contribution in [2.75, 3.05) is 26.4 Å². The Balaban J connectivity index is 0.000000198. The van der Waals surface area contributed by atoms with Gasteiger partial charge >= 0.3 is 0 Å². The van der Waals surface area contributed by atoms with Gasteiger partial charge in [0, 0.05) is 4.91 Å². The van der Waals surface area contributed by atoms with Gasteiger partial charge in [0.2, 0.25) is 0 Å². The van der Waals surface area contributed by atoms with Crippen LogP contribution >= 0.6 is 0 Å². The highest BCUT2D eigenvalue weighted by atomic mass is 16.6. The van der Waals surface area contributed by atoms with E-state index in [0.29, 0.717) is 19.3 Å². The molecule has 0 radical (unpaired) electrons. The van der Waals surface area contributed by atoms with E-state index in [4.69, 9.17) is 19.7 Å². The Labute approximate surface area is 159 Å². The summed E-state index contributed by atoms with van der Waals surface area (Å²) < 4.78 is 15.7. The van der Waals surface area contributed by atoms with E-state index >= 15 is 0 Å². The van der Waals surface area contributed by atoms with Crippen molar-refractivity contribution in [3.8, 4) is 0 Å². The molecule has 0 aromatic heterocycles. The van der Waals surface area contributed by atoms with Crippen LogP contribution in [0.1, 0.15) is 11.1 Å². The Morgan fingerprint density at radius 3 is 2.11 bits per heavy atom. The van der Waals surface area contributed by atoms with E-state index in [0.717, 1.165) is 18.8 Å². The molecular weight excluding hydrogens is 346 g/mol. The molecule has 2 aromatic rings. The summed E-state index contributed by atoms with van der Waals surface area (Å²) in [4.78, 5) is 2.55. The Bertz CT molecular complexity index is 674. The molecule has 1 N–H and O–H groups in total. The first-order valence-corrected chi connectivity index (χ1v) is 8.81. The van der Waals surface area contributed by atoms with Gasteiger partial charge in [-0.15, -0.1) is 0 Å². The molecule has 1 saturated heterocycles. The van der Waals surface area contributed by atoms with E-state index in [9.17, 15) is 5.11 Å². The maximum Gasteiger partial charge on any atom is 0.104 e. The molecule has 1 aliphatic heterocycles. The quantitative estimate of drug-likeness (QED) is 0.299. The van der Waals surface area contributed by atoms with Crippen LogP contribution in [0.5, 0.6) is 0 Å². The van der Waals surface area contributed by atoms with Gasteiger partial charge < -0.3 is 19.3 Å². The largest absolute Gasteiger partial charge is 0.391 e. The lowest BCUT2D eigenvalue weighted by Crippen LogP contribution is -2.18. The molecule has 7 nitrogen and oxygen atoms in total. The van der Waals surface area contributed by atoms with Gasteiger partial charge in [0.05, 0.1) is 45.7 Å². The summed E-state index contributed by atoms with van der Waals surface area (Å²) in [6.07, 6.45) is -0.363. The van der Waals surface area contributed by atoms with Crippen molar-refractivity contribution in [1.82, 2.24) is 0 Å². The lowest BCUT2D eigenvalue weighted by atomic mass is 10.2. The predicted molar refractivity (Wildman–Crippen MR) is 102 cm³/mol. The third-order valence-corrected chi connectivity index (χ3v) is 3.60. The Hall–Kier alpha value is -2.41. The van der Waals surface area contributed by atoms with E-state index in [-0.39, 0.29) is 13.2 Å². The van der Waals surface area contributed by atoms with Gasteiger partial charge in [-0.25, -0.2) is 0 Å². The number of rotatable bonds is 10. The summed E-state index contributed by atoms with van der Waals surface area (Å²) in [5.74, 6) is 0. The standard InChI is InChI=1S/C10H13N3O2.C10H12O2/c11-13-12-6-10(14)8-15-7-9-4-2-1-3-5-9;1-2-4-9(5-3-1)6-11-7-10-8-12-10/h1-5,10,14H,6-8H2;1-5,10H,6-8H2. The molecule has 2 atom stereocenters.